The van der Waals surface area contributed by atoms with Crippen LogP contribution in [0.4, 0.5) is 4.79 Å². The molecule has 3 rings (SSSR count). The van der Waals surface area contributed by atoms with Crippen molar-refractivity contribution in [3.8, 4) is 10.6 Å². The third-order valence-electron chi connectivity index (χ3n) is 3.55. The fraction of sp³-hybridized carbons (Fsp3) is 0.429. The van der Waals surface area contributed by atoms with E-state index in [4.69, 9.17) is 9.84 Å². The Hall–Kier alpha value is -2.06. The van der Waals surface area contributed by atoms with E-state index >= 15 is 0 Å². The lowest BCUT2D eigenvalue weighted by Gasteiger charge is -2.29. The van der Waals surface area contributed by atoms with Gasteiger partial charge in [0.2, 0.25) is 0 Å². The molecule has 2 aromatic rings. The summed E-state index contributed by atoms with van der Waals surface area (Å²) < 4.78 is 5.82. The Bertz CT molecular complexity index is 626. The number of pyridine rings is 1. The smallest absolute Gasteiger partial charge is 0.407 e. The van der Waals surface area contributed by atoms with Gasteiger partial charge in [-0.1, -0.05) is 11.3 Å². The second-order valence-electron chi connectivity index (χ2n) is 5.02. The average Bonchev–Trinajstić information content (AvgIpc) is 3.03. The fourth-order valence-electron chi connectivity index (χ4n) is 2.33. The van der Waals surface area contributed by atoms with Crippen molar-refractivity contribution in [2.45, 2.75) is 25.6 Å². The van der Waals surface area contributed by atoms with Gasteiger partial charge in [-0.3, -0.25) is 4.98 Å². The zero-order valence-electron chi connectivity index (χ0n) is 11.9. The maximum absolute atomic E-state index is 10.8. The number of hydrogen-bond donors (Lipinski definition) is 1. The normalized spacial score (nSPS) is 15.9. The summed E-state index contributed by atoms with van der Waals surface area (Å²) in [6, 6.07) is 3.79. The van der Waals surface area contributed by atoms with Crippen LogP contribution in [0.3, 0.4) is 0 Å². The van der Waals surface area contributed by atoms with Crippen molar-refractivity contribution in [2.24, 2.45) is 0 Å². The molecule has 0 spiro atoms. The number of hydrogen-bond acceptors (Lipinski definition) is 6. The molecule has 1 N–H and O–H groups in total. The van der Waals surface area contributed by atoms with Crippen LogP contribution in [0, 0.1) is 0 Å². The van der Waals surface area contributed by atoms with Gasteiger partial charge >= 0.3 is 6.09 Å². The van der Waals surface area contributed by atoms with E-state index in [9.17, 15) is 4.79 Å². The molecule has 0 aliphatic carbocycles. The lowest BCUT2D eigenvalue weighted by molar-refractivity contribution is 0.000129. The van der Waals surface area contributed by atoms with E-state index in [2.05, 4.69) is 15.2 Å². The number of rotatable bonds is 4. The van der Waals surface area contributed by atoms with Gasteiger partial charge in [0.05, 0.1) is 6.10 Å². The first-order chi connectivity index (χ1) is 10.7. The summed E-state index contributed by atoms with van der Waals surface area (Å²) in [5, 5.41) is 18.9. The van der Waals surface area contributed by atoms with Gasteiger partial charge in [-0.15, -0.1) is 10.2 Å². The molecule has 0 atom stereocenters. The number of ether oxygens (including phenoxy) is 1. The molecule has 1 saturated heterocycles. The SMILES string of the molecule is O=C(O)N1CCC(OCc2nnc(-c3ccncc3)s2)CC1. The van der Waals surface area contributed by atoms with Crippen LogP contribution in [0.1, 0.15) is 17.8 Å². The van der Waals surface area contributed by atoms with Crippen LogP contribution in [0.15, 0.2) is 24.5 Å². The monoisotopic (exact) mass is 320 g/mol. The minimum atomic E-state index is -0.857. The van der Waals surface area contributed by atoms with E-state index in [1.165, 1.54) is 16.2 Å². The van der Waals surface area contributed by atoms with Crippen molar-refractivity contribution in [2.75, 3.05) is 13.1 Å². The van der Waals surface area contributed by atoms with Gasteiger partial charge in [0.1, 0.15) is 16.6 Å². The Labute approximate surface area is 131 Å². The summed E-state index contributed by atoms with van der Waals surface area (Å²) in [6.45, 7) is 1.47. The number of nitrogens with zero attached hydrogens (tertiary/aromatic N) is 4. The van der Waals surface area contributed by atoms with Gasteiger partial charge in [-0.05, 0) is 25.0 Å². The summed E-state index contributed by atoms with van der Waals surface area (Å²) >= 11 is 1.50. The standard InChI is InChI=1S/C14H16N4O3S/c19-14(20)18-7-3-11(4-8-18)21-9-12-16-17-13(22-12)10-1-5-15-6-2-10/h1-2,5-6,11H,3-4,7-9H2,(H,19,20). The molecule has 0 saturated carbocycles. The van der Waals surface area contributed by atoms with E-state index in [1.54, 1.807) is 12.4 Å². The average molecular weight is 320 g/mol. The maximum atomic E-state index is 10.8. The van der Waals surface area contributed by atoms with Crippen molar-refractivity contribution >= 4 is 17.4 Å². The Kier molecular flexibility index (Phi) is 4.59. The minimum absolute atomic E-state index is 0.0869. The molecule has 0 bridgehead atoms. The van der Waals surface area contributed by atoms with Crippen LogP contribution in [0.5, 0.6) is 0 Å². The summed E-state index contributed by atoms with van der Waals surface area (Å²) in [4.78, 5) is 16.2. The maximum Gasteiger partial charge on any atom is 0.407 e. The molecule has 22 heavy (non-hydrogen) atoms. The summed E-state index contributed by atoms with van der Waals surface area (Å²) in [6.07, 6.45) is 4.13. The summed E-state index contributed by atoms with van der Waals surface area (Å²) in [5.74, 6) is 0. The van der Waals surface area contributed by atoms with E-state index in [0.29, 0.717) is 19.7 Å². The summed E-state index contributed by atoms with van der Waals surface area (Å²) in [5.41, 5.74) is 0.994. The summed E-state index contributed by atoms with van der Waals surface area (Å²) in [7, 11) is 0. The Morgan fingerprint density at radius 3 is 2.73 bits per heavy atom. The Morgan fingerprint density at radius 2 is 2.05 bits per heavy atom. The van der Waals surface area contributed by atoms with E-state index < -0.39 is 6.09 Å². The fourth-order valence-corrected chi connectivity index (χ4v) is 3.09. The molecule has 1 aliphatic rings. The molecule has 0 radical (unpaired) electrons. The van der Waals surface area contributed by atoms with Crippen LogP contribution < -0.4 is 0 Å². The third-order valence-corrected chi connectivity index (χ3v) is 4.49. The molecule has 7 nitrogen and oxygen atoms in total. The molecular formula is C14H16N4O3S. The zero-order valence-corrected chi connectivity index (χ0v) is 12.7. The van der Waals surface area contributed by atoms with Crippen molar-refractivity contribution < 1.29 is 14.6 Å². The van der Waals surface area contributed by atoms with E-state index in [0.717, 1.165) is 28.4 Å². The number of amides is 1. The van der Waals surface area contributed by atoms with Gasteiger partial charge in [-0.2, -0.15) is 0 Å². The van der Waals surface area contributed by atoms with Crippen molar-refractivity contribution in [1.29, 1.82) is 0 Å². The molecule has 1 amide bonds. The topological polar surface area (TPSA) is 88.4 Å². The largest absolute Gasteiger partial charge is 0.465 e. The van der Waals surface area contributed by atoms with Crippen LogP contribution in [-0.4, -0.2) is 50.5 Å². The Balaban J connectivity index is 1.51. The second-order valence-corrected chi connectivity index (χ2v) is 6.08. The number of likely N-dealkylation sites (tertiary alicyclic amines) is 1. The quantitative estimate of drug-likeness (QED) is 0.929. The van der Waals surface area contributed by atoms with Crippen molar-refractivity contribution in [1.82, 2.24) is 20.1 Å². The molecular weight excluding hydrogens is 304 g/mol. The molecule has 3 heterocycles. The van der Waals surface area contributed by atoms with Crippen LogP contribution in [0.2, 0.25) is 0 Å². The van der Waals surface area contributed by atoms with Crippen molar-refractivity contribution in [3.05, 3.63) is 29.5 Å². The highest BCUT2D eigenvalue weighted by atomic mass is 32.1. The first kappa shape index (κ1) is 14.9. The van der Waals surface area contributed by atoms with Gasteiger partial charge in [0.15, 0.2) is 0 Å². The first-order valence-electron chi connectivity index (χ1n) is 7.04. The van der Waals surface area contributed by atoms with Gasteiger partial charge in [0.25, 0.3) is 0 Å². The Morgan fingerprint density at radius 1 is 1.32 bits per heavy atom. The highest BCUT2D eigenvalue weighted by molar-refractivity contribution is 7.14. The number of carboxylic acid groups (broad SMARTS) is 1. The molecule has 1 fully saturated rings. The van der Waals surface area contributed by atoms with Crippen molar-refractivity contribution in [3.63, 3.8) is 0 Å². The first-order valence-corrected chi connectivity index (χ1v) is 7.86. The second kappa shape index (κ2) is 6.80. The van der Waals surface area contributed by atoms with Crippen LogP contribution >= 0.6 is 11.3 Å². The van der Waals surface area contributed by atoms with Gasteiger partial charge < -0.3 is 14.7 Å². The number of carbonyl (C=O) groups is 1. The lowest BCUT2D eigenvalue weighted by atomic mass is 10.1. The van der Waals surface area contributed by atoms with Gasteiger partial charge in [-0.25, -0.2) is 4.79 Å². The van der Waals surface area contributed by atoms with Crippen LogP contribution in [-0.2, 0) is 11.3 Å². The van der Waals surface area contributed by atoms with E-state index in [-0.39, 0.29) is 6.10 Å². The lowest BCUT2D eigenvalue weighted by Crippen LogP contribution is -2.40. The van der Waals surface area contributed by atoms with Gasteiger partial charge in [0, 0.05) is 31.0 Å². The molecule has 0 aromatic carbocycles. The molecule has 8 heteroatoms. The number of piperidine rings is 1. The third kappa shape index (κ3) is 3.58. The predicted octanol–water partition coefficient (Wildman–Crippen LogP) is 2.26. The molecule has 2 aromatic heterocycles. The zero-order chi connectivity index (χ0) is 15.4. The molecule has 1 aliphatic heterocycles. The molecule has 116 valence electrons. The van der Waals surface area contributed by atoms with E-state index in [1.807, 2.05) is 12.1 Å². The minimum Gasteiger partial charge on any atom is -0.465 e. The highest BCUT2D eigenvalue weighted by Gasteiger charge is 2.23. The van der Waals surface area contributed by atoms with Crippen LogP contribution in [0.25, 0.3) is 10.6 Å². The highest BCUT2D eigenvalue weighted by Crippen LogP contribution is 2.24. The molecule has 0 unspecified atom stereocenters. The number of aromatic nitrogens is 3. The predicted molar refractivity (Wildman–Crippen MR) is 80.5 cm³/mol.